The molecule has 0 radical (unpaired) electrons. The molecule has 2 N–H and O–H groups in total. The molecule has 106 valence electrons. The maximum absolute atomic E-state index is 5.09. The Morgan fingerprint density at radius 2 is 1.90 bits per heavy atom. The number of aromatic nitrogens is 2. The van der Waals surface area contributed by atoms with E-state index in [2.05, 4.69) is 40.5 Å². The molecule has 0 aliphatic heterocycles. The van der Waals surface area contributed by atoms with E-state index in [0.717, 1.165) is 17.3 Å². The highest BCUT2D eigenvalue weighted by atomic mass is 16.5. The molecule has 1 heterocycles. The number of nitrogens with zero attached hydrogens (tertiary/aromatic N) is 2. The van der Waals surface area contributed by atoms with Gasteiger partial charge in [0, 0.05) is 25.9 Å². The Bertz CT molecular complexity index is 598. The van der Waals surface area contributed by atoms with Crippen LogP contribution in [0.5, 0.6) is 0 Å². The molecule has 5 nitrogen and oxygen atoms in total. The molecule has 1 aromatic carbocycles. The van der Waals surface area contributed by atoms with Gasteiger partial charge in [0.1, 0.15) is 18.2 Å². The zero-order chi connectivity index (χ0) is 14.5. The van der Waals surface area contributed by atoms with Gasteiger partial charge in [-0.25, -0.2) is 9.97 Å². The number of aryl methyl sites for hydroxylation is 1. The van der Waals surface area contributed by atoms with Crippen LogP contribution in [0.1, 0.15) is 17.0 Å². The summed E-state index contributed by atoms with van der Waals surface area (Å²) in [7, 11) is 3.47. The zero-order valence-electron chi connectivity index (χ0n) is 12.3. The average molecular weight is 272 g/mol. The second-order valence-corrected chi connectivity index (χ2v) is 4.61. The minimum absolute atomic E-state index is 0.386. The standard InChI is InChI=1S/C15H20N4O/c1-10-6-5-7-12(11(10)2)17-14-8-13(16-3)18-15(19-14)9-20-4/h5-8H,9H2,1-4H3,(H2,16,17,18,19). The van der Waals surface area contributed by atoms with Crippen LogP contribution in [0.25, 0.3) is 0 Å². The Morgan fingerprint density at radius 3 is 2.60 bits per heavy atom. The zero-order valence-corrected chi connectivity index (χ0v) is 12.3. The maximum Gasteiger partial charge on any atom is 0.158 e. The number of hydrogen-bond donors (Lipinski definition) is 2. The van der Waals surface area contributed by atoms with Gasteiger partial charge in [-0.1, -0.05) is 12.1 Å². The predicted octanol–water partition coefficient (Wildman–Crippen LogP) is 3.03. The van der Waals surface area contributed by atoms with Gasteiger partial charge in [0.2, 0.25) is 0 Å². The molecule has 0 saturated heterocycles. The number of nitrogens with one attached hydrogen (secondary N) is 2. The van der Waals surface area contributed by atoms with Gasteiger partial charge in [0.25, 0.3) is 0 Å². The monoisotopic (exact) mass is 272 g/mol. The summed E-state index contributed by atoms with van der Waals surface area (Å²) in [5, 5.41) is 6.37. The highest BCUT2D eigenvalue weighted by Gasteiger charge is 2.06. The summed E-state index contributed by atoms with van der Waals surface area (Å²) in [5.74, 6) is 2.16. The van der Waals surface area contributed by atoms with Crippen molar-refractivity contribution in [2.45, 2.75) is 20.5 Å². The van der Waals surface area contributed by atoms with Crippen molar-refractivity contribution in [2.24, 2.45) is 0 Å². The van der Waals surface area contributed by atoms with Crippen LogP contribution in [-0.4, -0.2) is 24.1 Å². The SMILES string of the molecule is CNc1cc(Nc2cccc(C)c2C)nc(COC)n1. The van der Waals surface area contributed by atoms with E-state index in [9.17, 15) is 0 Å². The van der Waals surface area contributed by atoms with Crippen molar-refractivity contribution in [1.29, 1.82) is 0 Å². The van der Waals surface area contributed by atoms with Gasteiger partial charge in [0.15, 0.2) is 5.82 Å². The Hall–Kier alpha value is -2.14. The average Bonchev–Trinajstić information content (AvgIpc) is 2.44. The van der Waals surface area contributed by atoms with Crippen molar-refractivity contribution >= 4 is 17.3 Å². The lowest BCUT2D eigenvalue weighted by atomic mass is 10.1. The first-order valence-corrected chi connectivity index (χ1v) is 6.52. The molecule has 1 aromatic heterocycles. The highest BCUT2D eigenvalue weighted by Crippen LogP contribution is 2.23. The van der Waals surface area contributed by atoms with Gasteiger partial charge in [0.05, 0.1) is 0 Å². The number of rotatable bonds is 5. The Labute approximate surface area is 119 Å². The summed E-state index contributed by atoms with van der Waals surface area (Å²) >= 11 is 0. The molecule has 0 aliphatic rings. The summed E-state index contributed by atoms with van der Waals surface area (Å²) in [6, 6.07) is 8.04. The molecule has 0 fully saturated rings. The van der Waals surface area contributed by atoms with E-state index >= 15 is 0 Å². The van der Waals surface area contributed by atoms with Crippen LogP contribution in [0.2, 0.25) is 0 Å². The molecule has 0 saturated carbocycles. The van der Waals surface area contributed by atoms with Crippen molar-refractivity contribution in [3.63, 3.8) is 0 Å². The number of methoxy groups -OCH3 is 1. The molecule has 20 heavy (non-hydrogen) atoms. The van der Waals surface area contributed by atoms with E-state index in [4.69, 9.17) is 4.74 Å². The van der Waals surface area contributed by atoms with E-state index < -0.39 is 0 Å². The van der Waals surface area contributed by atoms with Crippen LogP contribution in [0.4, 0.5) is 17.3 Å². The topological polar surface area (TPSA) is 59.1 Å². The number of anilines is 3. The number of ether oxygens (including phenoxy) is 1. The maximum atomic E-state index is 5.09. The Kier molecular flexibility index (Phi) is 4.53. The Balaban J connectivity index is 2.32. The summed E-state index contributed by atoms with van der Waals surface area (Å²) in [4.78, 5) is 8.79. The first-order valence-electron chi connectivity index (χ1n) is 6.52. The van der Waals surface area contributed by atoms with Crippen LogP contribution in [0.3, 0.4) is 0 Å². The largest absolute Gasteiger partial charge is 0.377 e. The molecular weight excluding hydrogens is 252 g/mol. The van der Waals surface area contributed by atoms with Crippen molar-refractivity contribution in [3.05, 3.63) is 41.2 Å². The summed E-state index contributed by atoms with van der Waals surface area (Å²) in [5.41, 5.74) is 3.51. The molecule has 0 spiro atoms. The minimum Gasteiger partial charge on any atom is -0.377 e. The van der Waals surface area contributed by atoms with Crippen LogP contribution in [0.15, 0.2) is 24.3 Å². The lowest BCUT2D eigenvalue weighted by Gasteiger charge is -2.12. The van der Waals surface area contributed by atoms with Crippen LogP contribution >= 0.6 is 0 Å². The van der Waals surface area contributed by atoms with E-state index in [0.29, 0.717) is 12.4 Å². The lowest BCUT2D eigenvalue weighted by molar-refractivity contribution is 0.178. The first kappa shape index (κ1) is 14.3. The van der Waals surface area contributed by atoms with Crippen LogP contribution in [0, 0.1) is 13.8 Å². The van der Waals surface area contributed by atoms with Gasteiger partial charge in [-0.2, -0.15) is 0 Å². The molecule has 0 aliphatic carbocycles. The summed E-state index contributed by atoms with van der Waals surface area (Å²) in [6.45, 7) is 4.57. The predicted molar refractivity (Wildman–Crippen MR) is 81.5 cm³/mol. The van der Waals surface area contributed by atoms with Gasteiger partial charge < -0.3 is 15.4 Å². The van der Waals surface area contributed by atoms with Crippen molar-refractivity contribution in [3.8, 4) is 0 Å². The Morgan fingerprint density at radius 1 is 1.15 bits per heavy atom. The molecule has 2 rings (SSSR count). The highest BCUT2D eigenvalue weighted by molar-refractivity contribution is 5.63. The van der Waals surface area contributed by atoms with Crippen LogP contribution < -0.4 is 10.6 Å². The van der Waals surface area contributed by atoms with Crippen molar-refractivity contribution < 1.29 is 4.74 Å². The fraction of sp³-hybridized carbons (Fsp3) is 0.333. The van der Waals surface area contributed by atoms with Crippen molar-refractivity contribution in [2.75, 3.05) is 24.8 Å². The fourth-order valence-electron chi connectivity index (χ4n) is 1.91. The molecule has 0 amide bonds. The second-order valence-electron chi connectivity index (χ2n) is 4.61. The summed E-state index contributed by atoms with van der Waals surface area (Å²) < 4.78 is 5.09. The first-order chi connectivity index (χ1) is 9.63. The van der Waals surface area contributed by atoms with Gasteiger partial charge >= 0.3 is 0 Å². The van der Waals surface area contributed by atoms with E-state index in [-0.39, 0.29) is 0 Å². The van der Waals surface area contributed by atoms with E-state index in [1.54, 1.807) is 7.11 Å². The third-order valence-electron chi connectivity index (χ3n) is 3.17. The van der Waals surface area contributed by atoms with E-state index in [1.165, 1.54) is 11.1 Å². The fourth-order valence-corrected chi connectivity index (χ4v) is 1.91. The molecule has 0 bridgehead atoms. The molecule has 0 unspecified atom stereocenters. The van der Waals surface area contributed by atoms with Crippen LogP contribution in [-0.2, 0) is 11.3 Å². The minimum atomic E-state index is 0.386. The molecule has 2 aromatic rings. The smallest absolute Gasteiger partial charge is 0.158 e. The second kappa shape index (κ2) is 6.34. The third kappa shape index (κ3) is 3.24. The quantitative estimate of drug-likeness (QED) is 0.876. The lowest BCUT2D eigenvalue weighted by Crippen LogP contribution is -2.05. The molecular formula is C15H20N4O. The summed E-state index contributed by atoms with van der Waals surface area (Å²) in [6.07, 6.45) is 0. The van der Waals surface area contributed by atoms with Gasteiger partial charge in [-0.15, -0.1) is 0 Å². The van der Waals surface area contributed by atoms with Gasteiger partial charge in [-0.05, 0) is 31.0 Å². The van der Waals surface area contributed by atoms with Gasteiger partial charge in [-0.3, -0.25) is 0 Å². The van der Waals surface area contributed by atoms with Crippen molar-refractivity contribution in [1.82, 2.24) is 9.97 Å². The molecule has 5 heteroatoms. The number of hydrogen-bond acceptors (Lipinski definition) is 5. The number of benzene rings is 1. The normalized spacial score (nSPS) is 10.4. The molecule has 0 atom stereocenters. The third-order valence-corrected chi connectivity index (χ3v) is 3.17. The van der Waals surface area contributed by atoms with E-state index in [1.807, 2.05) is 25.2 Å².